The number of imide groups is 2. The van der Waals surface area contributed by atoms with E-state index in [1.165, 1.54) is 4.90 Å². The van der Waals surface area contributed by atoms with Gasteiger partial charge >= 0.3 is 0 Å². The Balaban J connectivity index is 1.59. The van der Waals surface area contributed by atoms with Crippen LogP contribution in [0.5, 0.6) is 0 Å². The number of benzene rings is 4. The summed E-state index contributed by atoms with van der Waals surface area (Å²) in [6.07, 6.45) is 0. The first-order chi connectivity index (χ1) is 17.0. The highest BCUT2D eigenvalue weighted by atomic mass is 16.2. The topological polar surface area (TPSA) is 78.0 Å². The SMILES string of the molecule is CCN1C(=O)c2ccc3c4c(ccc(c24)C1=O)C(=O)N(N(c1ccccc1)c1ccccc1)C3=O. The van der Waals surface area contributed by atoms with Crippen molar-refractivity contribution in [2.75, 3.05) is 11.6 Å². The normalized spacial score (nSPS) is 14.7. The van der Waals surface area contributed by atoms with Gasteiger partial charge in [-0.1, -0.05) is 36.4 Å². The quantitative estimate of drug-likeness (QED) is 0.408. The van der Waals surface area contributed by atoms with Gasteiger partial charge in [-0.3, -0.25) is 24.1 Å². The van der Waals surface area contributed by atoms with E-state index in [1.54, 1.807) is 36.2 Å². The first-order valence-corrected chi connectivity index (χ1v) is 11.3. The molecule has 0 saturated heterocycles. The van der Waals surface area contributed by atoms with Gasteiger partial charge < -0.3 is 0 Å². The maximum atomic E-state index is 13.9. The maximum Gasteiger partial charge on any atom is 0.280 e. The number of carbonyl (C=O) groups excluding carboxylic acids is 4. The standard InChI is InChI=1S/C28H19N3O4/c1-2-29-25(32)19-13-15-21-24-22(16-14-20(23(19)24)26(29)33)28(35)31(27(21)34)30(17-9-5-3-6-10-17)18-11-7-4-8-12-18/h3-16H,2H2,1H3. The molecule has 2 aliphatic rings. The fraction of sp³-hybridized carbons (Fsp3) is 0.0714. The van der Waals surface area contributed by atoms with Crippen molar-refractivity contribution in [3.8, 4) is 0 Å². The molecular weight excluding hydrogens is 442 g/mol. The smallest absolute Gasteiger partial charge is 0.275 e. The number of carbonyl (C=O) groups is 4. The highest BCUT2D eigenvalue weighted by molar-refractivity contribution is 6.33. The lowest BCUT2D eigenvalue weighted by Crippen LogP contribution is -2.50. The van der Waals surface area contributed by atoms with Gasteiger partial charge in [0, 0.05) is 28.4 Å². The van der Waals surface area contributed by atoms with Crippen LogP contribution in [0.25, 0.3) is 10.8 Å². The van der Waals surface area contributed by atoms with Gasteiger partial charge in [0.05, 0.1) is 22.5 Å². The van der Waals surface area contributed by atoms with E-state index >= 15 is 0 Å². The maximum absolute atomic E-state index is 13.9. The number of amides is 4. The molecule has 0 bridgehead atoms. The number of rotatable bonds is 4. The van der Waals surface area contributed by atoms with Gasteiger partial charge in [0.2, 0.25) is 0 Å². The minimum atomic E-state index is -0.531. The summed E-state index contributed by atoms with van der Waals surface area (Å²) in [5, 5.41) is 3.42. The lowest BCUT2D eigenvalue weighted by Gasteiger charge is -2.38. The molecule has 7 nitrogen and oxygen atoms in total. The number of anilines is 2. The van der Waals surface area contributed by atoms with Crippen molar-refractivity contribution in [2.45, 2.75) is 6.92 Å². The fourth-order valence-electron chi connectivity index (χ4n) is 4.90. The van der Waals surface area contributed by atoms with Crippen molar-refractivity contribution in [3.63, 3.8) is 0 Å². The Hall–Kier alpha value is -4.78. The van der Waals surface area contributed by atoms with Crippen LogP contribution in [0, 0.1) is 0 Å². The van der Waals surface area contributed by atoms with Crippen LogP contribution in [0.1, 0.15) is 48.4 Å². The van der Waals surface area contributed by atoms with Gasteiger partial charge in [-0.15, -0.1) is 0 Å². The Labute approximate surface area is 200 Å². The van der Waals surface area contributed by atoms with Gasteiger partial charge in [0.1, 0.15) is 0 Å². The monoisotopic (exact) mass is 461 g/mol. The Kier molecular flexibility index (Phi) is 4.54. The summed E-state index contributed by atoms with van der Waals surface area (Å²) < 4.78 is 0. The molecule has 0 aliphatic carbocycles. The van der Waals surface area contributed by atoms with E-state index in [0.29, 0.717) is 33.3 Å². The zero-order valence-electron chi connectivity index (χ0n) is 18.8. The molecule has 0 unspecified atom stereocenters. The van der Waals surface area contributed by atoms with Gasteiger partial charge in [-0.05, 0) is 55.5 Å². The number of hydrogen-bond donors (Lipinski definition) is 0. The van der Waals surface area contributed by atoms with E-state index in [1.807, 2.05) is 60.7 Å². The minimum absolute atomic E-state index is 0.233. The molecule has 4 aromatic rings. The van der Waals surface area contributed by atoms with Gasteiger partial charge in [-0.2, -0.15) is 5.01 Å². The summed E-state index contributed by atoms with van der Waals surface area (Å²) in [5.74, 6) is -1.91. The van der Waals surface area contributed by atoms with E-state index in [4.69, 9.17) is 0 Å². The third kappa shape index (κ3) is 2.85. The molecule has 0 radical (unpaired) electrons. The molecular formula is C28H19N3O4. The molecule has 4 amide bonds. The molecule has 35 heavy (non-hydrogen) atoms. The second-order valence-electron chi connectivity index (χ2n) is 8.33. The fourth-order valence-corrected chi connectivity index (χ4v) is 4.90. The van der Waals surface area contributed by atoms with Gasteiger partial charge in [-0.25, -0.2) is 5.01 Å². The van der Waals surface area contributed by atoms with Crippen LogP contribution < -0.4 is 5.01 Å². The largest absolute Gasteiger partial charge is 0.280 e. The number of hydrazine groups is 1. The lowest BCUT2D eigenvalue weighted by molar-refractivity contribution is 0.0592. The van der Waals surface area contributed by atoms with E-state index in [-0.39, 0.29) is 17.7 Å². The predicted molar refractivity (Wildman–Crippen MR) is 131 cm³/mol. The summed E-state index contributed by atoms with van der Waals surface area (Å²) >= 11 is 0. The molecule has 0 fully saturated rings. The number of hydrogen-bond acceptors (Lipinski definition) is 5. The Morgan fingerprint density at radius 2 is 0.914 bits per heavy atom. The third-order valence-corrected chi connectivity index (χ3v) is 6.48. The van der Waals surface area contributed by atoms with Crippen LogP contribution in [-0.2, 0) is 0 Å². The zero-order valence-corrected chi connectivity index (χ0v) is 18.8. The van der Waals surface area contributed by atoms with Crippen LogP contribution in [0.15, 0.2) is 84.9 Å². The van der Waals surface area contributed by atoms with Crippen molar-refractivity contribution in [2.24, 2.45) is 0 Å². The molecule has 2 aliphatic heterocycles. The van der Waals surface area contributed by atoms with Crippen molar-refractivity contribution >= 4 is 45.8 Å². The van der Waals surface area contributed by atoms with Crippen LogP contribution >= 0.6 is 0 Å². The molecule has 4 aromatic carbocycles. The van der Waals surface area contributed by atoms with Crippen molar-refractivity contribution in [1.29, 1.82) is 0 Å². The number of nitrogens with zero attached hydrogens (tertiary/aromatic N) is 3. The Bertz CT molecular complexity index is 1450. The first kappa shape index (κ1) is 20.8. The molecule has 170 valence electrons. The Morgan fingerprint density at radius 1 is 0.543 bits per heavy atom. The summed E-state index contributed by atoms with van der Waals surface area (Å²) in [6, 6.07) is 24.6. The summed E-state index contributed by atoms with van der Waals surface area (Å²) in [5.41, 5.74) is 2.44. The van der Waals surface area contributed by atoms with Crippen LogP contribution in [0.3, 0.4) is 0 Å². The number of para-hydroxylation sites is 2. The molecule has 0 aromatic heterocycles. The highest BCUT2D eigenvalue weighted by Crippen LogP contribution is 2.40. The molecule has 0 saturated carbocycles. The van der Waals surface area contributed by atoms with Crippen molar-refractivity contribution < 1.29 is 19.2 Å². The van der Waals surface area contributed by atoms with Crippen LogP contribution in [0.4, 0.5) is 11.4 Å². The van der Waals surface area contributed by atoms with E-state index in [0.717, 1.165) is 5.01 Å². The van der Waals surface area contributed by atoms with E-state index in [9.17, 15) is 19.2 Å². The van der Waals surface area contributed by atoms with Crippen LogP contribution in [-0.4, -0.2) is 40.1 Å². The molecule has 0 spiro atoms. The average molecular weight is 461 g/mol. The lowest BCUT2D eigenvalue weighted by atomic mass is 9.86. The molecule has 2 heterocycles. The molecule has 0 N–H and O–H groups in total. The third-order valence-electron chi connectivity index (χ3n) is 6.48. The zero-order chi connectivity index (χ0) is 24.3. The highest BCUT2D eigenvalue weighted by Gasteiger charge is 2.41. The summed E-state index contributed by atoms with van der Waals surface area (Å²) in [4.78, 5) is 55.0. The predicted octanol–water partition coefficient (Wildman–Crippen LogP) is 4.81. The average Bonchev–Trinajstić information content (AvgIpc) is 2.89. The van der Waals surface area contributed by atoms with E-state index < -0.39 is 23.6 Å². The minimum Gasteiger partial charge on any atom is -0.275 e. The van der Waals surface area contributed by atoms with Gasteiger partial charge in [0.15, 0.2) is 0 Å². The first-order valence-electron chi connectivity index (χ1n) is 11.3. The molecule has 6 rings (SSSR count). The Morgan fingerprint density at radius 3 is 1.29 bits per heavy atom. The van der Waals surface area contributed by atoms with Crippen molar-refractivity contribution in [1.82, 2.24) is 9.91 Å². The van der Waals surface area contributed by atoms with Gasteiger partial charge in [0.25, 0.3) is 23.6 Å². The molecule has 7 heteroatoms. The van der Waals surface area contributed by atoms with Crippen molar-refractivity contribution in [3.05, 3.63) is 107 Å². The summed E-state index contributed by atoms with van der Waals surface area (Å²) in [7, 11) is 0. The second-order valence-corrected chi connectivity index (χ2v) is 8.33. The second kappa shape index (κ2) is 7.63. The van der Waals surface area contributed by atoms with Crippen LogP contribution in [0.2, 0.25) is 0 Å². The molecule has 0 atom stereocenters. The van der Waals surface area contributed by atoms with E-state index in [2.05, 4.69) is 0 Å². The summed E-state index contributed by atoms with van der Waals surface area (Å²) in [6.45, 7) is 1.97.